The van der Waals surface area contributed by atoms with E-state index in [1.165, 1.54) is 18.4 Å². The van der Waals surface area contributed by atoms with Crippen LogP contribution in [0.15, 0.2) is 12.1 Å². The van der Waals surface area contributed by atoms with Gasteiger partial charge < -0.3 is 10.1 Å². The van der Waals surface area contributed by atoms with Crippen molar-refractivity contribution in [2.45, 2.75) is 26.2 Å². The number of ether oxygens (including phenoxy) is 1. The van der Waals surface area contributed by atoms with Crippen molar-refractivity contribution in [3.63, 3.8) is 0 Å². The van der Waals surface area contributed by atoms with Gasteiger partial charge in [-0.25, -0.2) is 0 Å². The minimum Gasteiger partial charge on any atom is -0.496 e. The van der Waals surface area contributed by atoms with Crippen LogP contribution in [-0.4, -0.2) is 20.2 Å². The molecule has 1 aromatic rings. The van der Waals surface area contributed by atoms with Gasteiger partial charge in [0.25, 0.3) is 0 Å². The molecular formula is C14H20ClNO. The van der Waals surface area contributed by atoms with Gasteiger partial charge in [0.1, 0.15) is 5.75 Å². The monoisotopic (exact) mass is 253 g/mol. The molecule has 94 valence electrons. The minimum absolute atomic E-state index is 0.753. The Morgan fingerprint density at radius 3 is 2.71 bits per heavy atom. The van der Waals surface area contributed by atoms with E-state index in [4.69, 9.17) is 16.3 Å². The normalized spacial score (nSPS) is 17.1. The van der Waals surface area contributed by atoms with Gasteiger partial charge in [-0.2, -0.15) is 0 Å². The van der Waals surface area contributed by atoms with E-state index in [1.807, 2.05) is 6.07 Å². The van der Waals surface area contributed by atoms with Gasteiger partial charge in [-0.1, -0.05) is 11.6 Å². The summed E-state index contributed by atoms with van der Waals surface area (Å²) in [5.74, 6) is 1.76. The van der Waals surface area contributed by atoms with Gasteiger partial charge in [0.15, 0.2) is 0 Å². The van der Waals surface area contributed by atoms with E-state index in [-0.39, 0.29) is 0 Å². The minimum atomic E-state index is 0.753. The third-order valence-corrected chi connectivity index (χ3v) is 3.71. The summed E-state index contributed by atoms with van der Waals surface area (Å²) < 4.78 is 5.50. The molecule has 1 aliphatic heterocycles. The maximum Gasteiger partial charge on any atom is 0.125 e. The summed E-state index contributed by atoms with van der Waals surface area (Å²) in [5.41, 5.74) is 2.38. The molecule has 0 aliphatic carbocycles. The van der Waals surface area contributed by atoms with Gasteiger partial charge >= 0.3 is 0 Å². The Kier molecular flexibility index (Phi) is 4.30. The van der Waals surface area contributed by atoms with Crippen LogP contribution in [0, 0.1) is 12.8 Å². The van der Waals surface area contributed by atoms with Gasteiger partial charge in [0.2, 0.25) is 0 Å². The van der Waals surface area contributed by atoms with Crippen molar-refractivity contribution < 1.29 is 4.74 Å². The fraction of sp³-hybridized carbons (Fsp3) is 0.571. The molecule has 3 heteroatoms. The van der Waals surface area contributed by atoms with Crippen molar-refractivity contribution in [2.75, 3.05) is 20.2 Å². The summed E-state index contributed by atoms with van der Waals surface area (Å²) in [6, 6.07) is 4.02. The van der Waals surface area contributed by atoms with E-state index in [1.54, 1.807) is 7.11 Å². The second kappa shape index (κ2) is 5.74. The first kappa shape index (κ1) is 12.7. The summed E-state index contributed by atoms with van der Waals surface area (Å²) in [7, 11) is 1.74. The molecule has 0 radical (unpaired) electrons. The summed E-state index contributed by atoms with van der Waals surface area (Å²) in [4.78, 5) is 0. The van der Waals surface area contributed by atoms with Crippen LogP contribution in [0.5, 0.6) is 5.75 Å². The average molecular weight is 254 g/mol. The highest BCUT2D eigenvalue weighted by Gasteiger charge is 2.17. The van der Waals surface area contributed by atoms with Crippen LogP contribution in [0.2, 0.25) is 5.02 Å². The lowest BCUT2D eigenvalue weighted by Crippen LogP contribution is -2.28. The van der Waals surface area contributed by atoms with Crippen molar-refractivity contribution in [1.29, 1.82) is 0 Å². The number of hydrogen-bond acceptors (Lipinski definition) is 2. The van der Waals surface area contributed by atoms with Crippen LogP contribution in [0.1, 0.15) is 24.0 Å². The molecule has 2 nitrogen and oxygen atoms in total. The maximum atomic E-state index is 6.13. The molecule has 1 N–H and O–H groups in total. The summed E-state index contributed by atoms with van der Waals surface area (Å²) in [6.45, 7) is 4.32. The highest BCUT2D eigenvalue weighted by atomic mass is 35.5. The van der Waals surface area contributed by atoms with Gasteiger partial charge in [0.05, 0.1) is 7.11 Å². The molecule has 2 rings (SSSR count). The molecule has 0 unspecified atom stereocenters. The lowest BCUT2D eigenvalue weighted by Gasteiger charge is -2.23. The average Bonchev–Trinajstić information content (AvgIpc) is 2.30. The summed E-state index contributed by atoms with van der Waals surface area (Å²) in [6.07, 6.45) is 3.57. The van der Waals surface area contributed by atoms with E-state index >= 15 is 0 Å². The van der Waals surface area contributed by atoms with Crippen molar-refractivity contribution in [3.05, 3.63) is 28.3 Å². The molecule has 1 fully saturated rings. The third kappa shape index (κ3) is 3.14. The summed E-state index contributed by atoms with van der Waals surface area (Å²) >= 11 is 6.13. The van der Waals surface area contributed by atoms with E-state index in [9.17, 15) is 0 Å². The Morgan fingerprint density at radius 1 is 1.35 bits per heavy atom. The van der Waals surface area contributed by atoms with Crippen LogP contribution < -0.4 is 10.1 Å². The topological polar surface area (TPSA) is 21.3 Å². The highest BCUT2D eigenvalue weighted by Crippen LogP contribution is 2.31. The van der Waals surface area contributed by atoms with Gasteiger partial charge in [-0.15, -0.1) is 0 Å². The number of aryl methyl sites for hydroxylation is 1. The quantitative estimate of drug-likeness (QED) is 0.893. The molecule has 1 saturated heterocycles. The number of nitrogens with one attached hydrogen (secondary N) is 1. The van der Waals surface area contributed by atoms with Gasteiger partial charge in [-0.05, 0) is 68.5 Å². The van der Waals surface area contributed by atoms with E-state index in [2.05, 4.69) is 18.3 Å². The molecule has 1 aromatic carbocycles. The number of piperidine rings is 1. The fourth-order valence-corrected chi connectivity index (χ4v) is 2.94. The number of methoxy groups -OCH3 is 1. The number of halogens is 1. The van der Waals surface area contributed by atoms with Crippen LogP contribution in [0.25, 0.3) is 0 Å². The number of rotatable bonds is 3. The maximum absolute atomic E-state index is 6.13. The molecule has 0 atom stereocenters. The van der Waals surface area contributed by atoms with Crippen LogP contribution in [0.3, 0.4) is 0 Å². The molecule has 0 aromatic heterocycles. The smallest absolute Gasteiger partial charge is 0.125 e. The second-order valence-electron chi connectivity index (χ2n) is 4.81. The highest BCUT2D eigenvalue weighted by molar-refractivity contribution is 6.30. The SMILES string of the molecule is COc1c(C)cc(Cl)cc1CC1CCNCC1. The standard InChI is InChI=1S/C14H20ClNO/c1-10-7-13(15)9-12(14(10)17-2)8-11-3-5-16-6-4-11/h7,9,11,16H,3-6,8H2,1-2H3. The lowest BCUT2D eigenvalue weighted by molar-refractivity contribution is 0.360. The first-order valence-electron chi connectivity index (χ1n) is 6.24. The van der Waals surface area contributed by atoms with Crippen LogP contribution >= 0.6 is 11.6 Å². The fourth-order valence-electron chi connectivity index (χ4n) is 2.64. The molecule has 0 bridgehead atoms. The zero-order valence-corrected chi connectivity index (χ0v) is 11.3. The van der Waals surface area contributed by atoms with Crippen LogP contribution in [0.4, 0.5) is 0 Å². The largest absolute Gasteiger partial charge is 0.496 e. The molecule has 1 heterocycles. The Hall–Kier alpha value is -0.730. The van der Waals surface area contributed by atoms with Gasteiger partial charge in [-0.3, -0.25) is 0 Å². The lowest BCUT2D eigenvalue weighted by atomic mass is 9.90. The number of benzene rings is 1. The molecule has 17 heavy (non-hydrogen) atoms. The van der Waals surface area contributed by atoms with Crippen molar-refractivity contribution in [1.82, 2.24) is 5.32 Å². The Balaban J connectivity index is 2.18. The number of hydrogen-bond donors (Lipinski definition) is 1. The van der Waals surface area contributed by atoms with E-state index in [0.29, 0.717) is 0 Å². The molecular weight excluding hydrogens is 234 g/mol. The van der Waals surface area contributed by atoms with E-state index < -0.39 is 0 Å². The Morgan fingerprint density at radius 2 is 2.06 bits per heavy atom. The second-order valence-corrected chi connectivity index (χ2v) is 5.25. The van der Waals surface area contributed by atoms with Crippen molar-refractivity contribution >= 4 is 11.6 Å². The Labute approximate surface area is 108 Å². The van der Waals surface area contributed by atoms with Crippen molar-refractivity contribution in [2.24, 2.45) is 5.92 Å². The predicted octanol–water partition coefficient (Wildman–Crippen LogP) is 3.20. The molecule has 1 aliphatic rings. The van der Waals surface area contributed by atoms with Gasteiger partial charge in [0, 0.05) is 5.02 Å². The third-order valence-electron chi connectivity index (χ3n) is 3.49. The Bertz CT molecular complexity index is 386. The molecule has 0 amide bonds. The predicted molar refractivity (Wildman–Crippen MR) is 72.0 cm³/mol. The summed E-state index contributed by atoms with van der Waals surface area (Å²) in [5, 5.41) is 4.21. The van der Waals surface area contributed by atoms with Crippen molar-refractivity contribution in [3.8, 4) is 5.75 Å². The molecule has 0 saturated carbocycles. The van der Waals surface area contributed by atoms with E-state index in [0.717, 1.165) is 41.8 Å². The first-order chi connectivity index (χ1) is 8.20. The van der Waals surface area contributed by atoms with Crippen LogP contribution in [-0.2, 0) is 6.42 Å². The molecule has 0 spiro atoms. The first-order valence-corrected chi connectivity index (χ1v) is 6.62. The zero-order valence-electron chi connectivity index (χ0n) is 10.6. The zero-order chi connectivity index (χ0) is 12.3.